The summed E-state index contributed by atoms with van der Waals surface area (Å²) in [5, 5.41) is 19.2. The molecule has 0 radical (unpaired) electrons. The number of hydrogen-bond acceptors (Lipinski definition) is 3. The third kappa shape index (κ3) is 1.82. The van der Waals surface area contributed by atoms with Crippen LogP contribution < -0.4 is 4.74 Å². The molecule has 0 unspecified atom stereocenters. The first-order valence-corrected chi connectivity index (χ1v) is 4.71. The van der Waals surface area contributed by atoms with Crippen molar-refractivity contribution < 1.29 is 14.9 Å². The zero-order valence-corrected chi connectivity index (χ0v) is 8.16. The molecule has 0 atom stereocenters. The maximum absolute atomic E-state index is 9.69. The van der Waals surface area contributed by atoms with E-state index in [0.717, 1.165) is 18.4 Å². The van der Waals surface area contributed by atoms with Crippen LogP contribution in [-0.4, -0.2) is 22.9 Å². The topological polar surface area (TPSA) is 49.7 Å². The highest BCUT2D eigenvalue weighted by Crippen LogP contribution is 2.39. The minimum atomic E-state index is -0.513. The molecule has 1 aromatic carbocycles. The molecule has 3 nitrogen and oxygen atoms in total. The van der Waals surface area contributed by atoms with E-state index in [2.05, 4.69) is 0 Å². The van der Waals surface area contributed by atoms with Crippen LogP contribution in [0.5, 0.6) is 11.5 Å². The van der Waals surface area contributed by atoms with Gasteiger partial charge in [0.2, 0.25) is 0 Å². The molecule has 2 N–H and O–H groups in total. The molecule has 0 aromatic heterocycles. The van der Waals surface area contributed by atoms with Gasteiger partial charge in [0.25, 0.3) is 0 Å². The molecule has 76 valence electrons. The number of methoxy groups -OCH3 is 1. The molecule has 0 heterocycles. The Morgan fingerprint density at radius 2 is 2.14 bits per heavy atom. The number of aliphatic hydroxyl groups is 1. The second kappa shape index (κ2) is 3.17. The summed E-state index contributed by atoms with van der Waals surface area (Å²) in [4.78, 5) is 0. The summed E-state index contributed by atoms with van der Waals surface area (Å²) in [6, 6.07) is 5.24. The van der Waals surface area contributed by atoms with Gasteiger partial charge in [-0.3, -0.25) is 0 Å². The third-order valence-electron chi connectivity index (χ3n) is 2.60. The van der Waals surface area contributed by atoms with E-state index in [1.54, 1.807) is 12.1 Å². The first kappa shape index (κ1) is 9.34. The van der Waals surface area contributed by atoms with Gasteiger partial charge in [-0.05, 0) is 30.5 Å². The standard InChI is InChI=1S/C11H14O3/c1-14-10-3-2-8(6-9(10)12)7-11(13)4-5-11/h2-3,6,12-13H,4-5,7H2,1H3. The highest BCUT2D eigenvalue weighted by molar-refractivity contribution is 5.42. The molecule has 0 saturated heterocycles. The predicted octanol–water partition coefficient (Wildman–Crippen LogP) is 1.47. The van der Waals surface area contributed by atoms with Gasteiger partial charge in [-0.15, -0.1) is 0 Å². The van der Waals surface area contributed by atoms with Gasteiger partial charge in [-0.2, -0.15) is 0 Å². The largest absolute Gasteiger partial charge is 0.504 e. The van der Waals surface area contributed by atoms with Crippen LogP contribution >= 0.6 is 0 Å². The van der Waals surface area contributed by atoms with E-state index in [0.29, 0.717) is 12.2 Å². The van der Waals surface area contributed by atoms with E-state index in [1.807, 2.05) is 6.07 Å². The molecule has 1 aliphatic carbocycles. The fourth-order valence-electron chi connectivity index (χ4n) is 1.55. The highest BCUT2D eigenvalue weighted by Gasteiger charge is 2.40. The van der Waals surface area contributed by atoms with Crippen LogP contribution in [0.3, 0.4) is 0 Å². The zero-order valence-electron chi connectivity index (χ0n) is 8.16. The fourth-order valence-corrected chi connectivity index (χ4v) is 1.55. The Morgan fingerprint density at radius 3 is 2.64 bits per heavy atom. The maximum Gasteiger partial charge on any atom is 0.160 e. The van der Waals surface area contributed by atoms with Crippen LogP contribution in [0.15, 0.2) is 18.2 Å². The molecule has 1 aliphatic rings. The number of rotatable bonds is 3. The predicted molar refractivity (Wildman–Crippen MR) is 52.5 cm³/mol. The van der Waals surface area contributed by atoms with Crippen LogP contribution in [-0.2, 0) is 6.42 Å². The second-order valence-corrected chi connectivity index (χ2v) is 3.91. The average molecular weight is 194 g/mol. The Hall–Kier alpha value is -1.22. The van der Waals surface area contributed by atoms with E-state index >= 15 is 0 Å². The van der Waals surface area contributed by atoms with Crippen molar-refractivity contribution in [1.82, 2.24) is 0 Å². The Bertz CT molecular complexity index is 342. The number of benzene rings is 1. The molecular formula is C11H14O3. The minimum absolute atomic E-state index is 0.134. The smallest absolute Gasteiger partial charge is 0.160 e. The summed E-state index contributed by atoms with van der Waals surface area (Å²) < 4.78 is 4.93. The maximum atomic E-state index is 9.69. The van der Waals surface area contributed by atoms with Crippen molar-refractivity contribution in [2.24, 2.45) is 0 Å². The number of phenolic OH excluding ortho intramolecular Hbond substituents is 1. The van der Waals surface area contributed by atoms with Crippen LogP contribution in [0.2, 0.25) is 0 Å². The first-order valence-electron chi connectivity index (χ1n) is 4.71. The summed E-state index contributed by atoms with van der Waals surface area (Å²) in [6.07, 6.45) is 2.34. The lowest BCUT2D eigenvalue weighted by Gasteiger charge is -2.09. The Balaban J connectivity index is 2.15. The Morgan fingerprint density at radius 1 is 1.43 bits per heavy atom. The van der Waals surface area contributed by atoms with Crippen LogP contribution in [0.4, 0.5) is 0 Å². The van der Waals surface area contributed by atoms with E-state index in [9.17, 15) is 10.2 Å². The molecule has 0 aliphatic heterocycles. The lowest BCUT2D eigenvalue weighted by molar-refractivity contribution is 0.151. The normalized spacial score (nSPS) is 17.9. The van der Waals surface area contributed by atoms with Crippen LogP contribution in [0.25, 0.3) is 0 Å². The van der Waals surface area contributed by atoms with Crippen molar-refractivity contribution in [2.45, 2.75) is 24.9 Å². The van der Waals surface area contributed by atoms with Crippen molar-refractivity contribution in [1.29, 1.82) is 0 Å². The summed E-state index contributed by atoms with van der Waals surface area (Å²) in [7, 11) is 1.52. The van der Waals surface area contributed by atoms with Gasteiger partial charge in [0.15, 0.2) is 11.5 Å². The molecular weight excluding hydrogens is 180 g/mol. The SMILES string of the molecule is COc1ccc(CC2(O)CC2)cc1O. The van der Waals surface area contributed by atoms with E-state index < -0.39 is 5.60 Å². The van der Waals surface area contributed by atoms with Crippen molar-refractivity contribution in [3.8, 4) is 11.5 Å². The van der Waals surface area contributed by atoms with E-state index in [1.165, 1.54) is 7.11 Å². The fraction of sp³-hybridized carbons (Fsp3) is 0.455. The zero-order chi connectivity index (χ0) is 10.2. The summed E-state index contributed by atoms with van der Waals surface area (Å²) >= 11 is 0. The molecule has 0 spiro atoms. The van der Waals surface area contributed by atoms with Crippen molar-refractivity contribution in [2.75, 3.05) is 7.11 Å². The lowest BCUT2D eigenvalue weighted by Crippen LogP contribution is -2.10. The van der Waals surface area contributed by atoms with Gasteiger partial charge >= 0.3 is 0 Å². The minimum Gasteiger partial charge on any atom is -0.504 e. The van der Waals surface area contributed by atoms with Gasteiger partial charge < -0.3 is 14.9 Å². The molecule has 3 heteroatoms. The van der Waals surface area contributed by atoms with Gasteiger partial charge in [0.1, 0.15) is 0 Å². The van der Waals surface area contributed by atoms with E-state index in [4.69, 9.17) is 4.74 Å². The number of hydrogen-bond donors (Lipinski definition) is 2. The highest BCUT2D eigenvalue weighted by atomic mass is 16.5. The van der Waals surface area contributed by atoms with Crippen LogP contribution in [0.1, 0.15) is 18.4 Å². The molecule has 14 heavy (non-hydrogen) atoms. The van der Waals surface area contributed by atoms with Gasteiger partial charge in [-0.1, -0.05) is 6.07 Å². The van der Waals surface area contributed by atoms with Gasteiger partial charge in [0.05, 0.1) is 12.7 Å². The molecule has 1 fully saturated rings. The van der Waals surface area contributed by atoms with Crippen molar-refractivity contribution in [3.63, 3.8) is 0 Å². The molecule has 2 rings (SSSR count). The average Bonchev–Trinajstić information content (AvgIpc) is 2.84. The first-order chi connectivity index (χ1) is 6.63. The number of phenols is 1. The Kier molecular flexibility index (Phi) is 2.11. The summed E-state index contributed by atoms with van der Waals surface area (Å²) in [6.45, 7) is 0. The monoisotopic (exact) mass is 194 g/mol. The molecule has 1 saturated carbocycles. The summed E-state index contributed by atoms with van der Waals surface area (Å²) in [5.74, 6) is 0.603. The number of aromatic hydroxyl groups is 1. The molecule has 1 aromatic rings. The molecule has 0 bridgehead atoms. The number of ether oxygens (including phenoxy) is 1. The quantitative estimate of drug-likeness (QED) is 0.766. The second-order valence-electron chi connectivity index (χ2n) is 3.91. The van der Waals surface area contributed by atoms with Gasteiger partial charge in [0, 0.05) is 6.42 Å². The van der Waals surface area contributed by atoms with Crippen LogP contribution in [0, 0.1) is 0 Å². The third-order valence-corrected chi connectivity index (χ3v) is 2.60. The van der Waals surface area contributed by atoms with Crippen molar-refractivity contribution >= 4 is 0 Å². The molecule has 0 amide bonds. The lowest BCUT2D eigenvalue weighted by atomic mass is 10.1. The Labute approximate surface area is 83.0 Å². The van der Waals surface area contributed by atoms with Crippen molar-refractivity contribution in [3.05, 3.63) is 23.8 Å². The van der Waals surface area contributed by atoms with Gasteiger partial charge in [-0.25, -0.2) is 0 Å². The summed E-state index contributed by atoms with van der Waals surface area (Å²) in [5.41, 5.74) is 0.435. The van der Waals surface area contributed by atoms with E-state index in [-0.39, 0.29) is 5.75 Å².